The van der Waals surface area contributed by atoms with Gasteiger partial charge < -0.3 is 25.0 Å². The molecule has 0 radical (unpaired) electrons. The molecule has 0 spiro atoms. The topological polar surface area (TPSA) is 79.9 Å². The lowest BCUT2D eigenvalue weighted by Gasteiger charge is -2.12. The molecule has 31 heavy (non-hydrogen) atoms. The summed E-state index contributed by atoms with van der Waals surface area (Å²) in [4.78, 5) is 26.8. The van der Waals surface area contributed by atoms with Gasteiger partial charge in [-0.3, -0.25) is 9.59 Å². The maximum absolute atomic E-state index is 12.4. The molecule has 2 N–H and O–H groups in total. The Labute approximate surface area is 183 Å². The highest BCUT2D eigenvalue weighted by molar-refractivity contribution is 6.07. The van der Waals surface area contributed by atoms with E-state index in [2.05, 4.69) is 16.6 Å². The molecule has 0 heterocycles. The highest BCUT2D eigenvalue weighted by atomic mass is 16.5. The van der Waals surface area contributed by atoms with Crippen LogP contribution in [0, 0.1) is 12.3 Å². The maximum atomic E-state index is 12.4. The molecule has 2 amide bonds. The minimum Gasteiger partial charge on any atom is -0.493 e. The first-order chi connectivity index (χ1) is 14.9. The molecule has 7 heteroatoms. The predicted molar refractivity (Wildman–Crippen MR) is 122 cm³/mol. The lowest BCUT2D eigenvalue weighted by molar-refractivity contribution is -0.111. The molecular weight excluding hydrogens is 394 g/mol. The normalized spacial score (nSPS) is 10.5. The zero-order valence-corrected chi connectivity index (χ0v) is 18.0. The number of likely N-dealkylation sites (N-methyl/N-ethyl adjacent to an activating group) is 1. The molecular formula is C24H27N3O4. The first kappa shape index (κ1) is 23.5. The summed E-state index contributed by atoms with van der Waals surface area (Å²) in [5.41, 5.74) is 1.59. The Hall–Kier alpha value is -3.76. The Morgan fingerprint density at radius 2 is 1.94 bits per heavy atom. The number of amides is 2. The Kier molecular flexibility index (Phi) is 9.14. The van der Waals surface area contributed by atoms with E-state index in [4.69, 9.17) is 15.9 Å². The third-order valence-electron chi connectivity index (χ3n) is 4.20. The molecule has 0 aliphatic rings. The van der Waals surface area contributed by atoms with Crippen molar-refractivity contribution in [2.75, 3.05) is 46.2 Å². The van der Waals surface area contributed by atoms with Crippen molar-refractivity contribution in [1.82, 2.24) is 10.2 Å². The first-order valence-corrected chi connectivity index (χ1v) is 9.70. The molecule has 0 aliphatic heterocycles. The van der Waals surface area contributed by atoms with E-state index in [1.165, 1.54) is 13.2 Å². The van der Waals surface area contributed by atoms with Crippen molar-refractivity contribution in [1.29, 1.82) is 0 Å². The molecule has 0 aromatic heterocycles. The van der Waals surface area contributed by atoms with Gasteiger partial charge in [0.2, 0.25) is 5.91 Å². The molecule has 0 saturated carbocycles. The quantitative estimate of drug-likeness (QED) is 0.455. The van der Waals surface area contributed by atoms with Gasteiger partial charge in [0.25, 0.3) is 5.91 Å². The Morgan fingerprint density at radius 3 is 2.65 bits per heavy atom. The van der Waals surface area contributed by atoms with Crippen molar-refractivity contribution in [3.8, 4) is 23.8 Å². The van der Waals surface area contributed by atoms with Crippen LogP contribution in [0.25, 0.3) is 6.08 Å². The summed E-state index contributed by atoms with van der Waals surface area (Å²) < 4.78 is 10.7. The lowest BCUT2D eigenvalue weighted by atomic mass is 10.1. The van der Waals surface area contributed by atoms with Crippen LogP contribution in [-0.2, 0) is 4.79 Å². The number of carbonyl (C=O) groups is 2. The molecule has 7 nitrogen and oxygen atoms in total. The number of hydrogen-bond donors (Lipinski definition) is 2. The summed E-state index contributed by atoms with van der Waals surface area (Å²) in [7, 11) is 5.39. The van der Waals surface area contributed by atoms with Crippen LogP contribution >= 0.6 is 0 Å². The second kappa shape index (κ2) is 12.1. The summed E-state index contributed by atoms with van der Waals surface area (Å²) in [6, 6.07) is 12.1. The van der Waals surface area contributed by atoms with Crippen LogP contribution in [0.4, 0.5) is 5.69 Å². The van der Waals surface area contributed by atoms with Gasteiger partial charge in [0, 0.05) is 19.2 Å². The number of anilines is 1. The van der Waals surface area contributed by atoms with E-state index in [0.717, 1.165) is 12.1 Å². The smallest absolute Gasteiger partial charge is 0.253 e. The fraction of sp³-hybridized carbons (Fsp3) is 0.250. The Bertz CT molecular complexity index is 977. The second-order valence-electron chi connectivity index (χ2n) is 6.83. The Balaban J connectivity index is 2.05. The average Bonchev–Trinajstić information content (AvgIpc) is 2.76. The van der Waals surface area contributed by atoms with Gasteiger partial charge in [0.05, 0.1) is 18.4 Å². The van der Waals surface area contributed by atoms with Crippen LogP contribution in [0.15, 0.2) is 48.5 Å². The molecule has 2 rings (SSSR count). The van der Waals surface area contributed by atoms with Crippen LogP contribution in [0.2, 0.25) is 0 Å². The number of methoxy groups -OCH3 is 1. The van der Waals surface area contributed by atoms with Crippen LogP contribution in [0.1, 0.15) is 15.9 Å². The van der Waals surface area contributed by atoms with Gasteiger partial charge in [0.1, 0.15) is 6.61 Å². The van der Waals surface area contributed by atoms with E-state index in [1.54, 1.807) is 48.5 Å². The van der Waals surface area contributed by atoms with Gasteiger partial charge in [-0.05, 0) is 50.0 Å². The van der Waals surface area contributed by atoms with Gasteiger partial charge in [-0.25, -0.2) is 0 Å². The Morgan fingerprint density at radius 1 is 1.16 bits per heavy atom. The fourth-order valence-electron chi connectivity index (χ4n) is 2.65. The largest absolute Gasteiger partial charge is 0.493 e. The first-order valence-electron chi connectivity index (χ1n) is 9.70. The SMILES string of the molecule is C#CCOc1ccc(/C=C/C(=O)Nc2ccccc2C(=O)NCCN(C)C)cc1OC. The minimum atomic E-state index is -0.361. The summed E-state index contributed by atoms with van der Waals surface area (Å²) >= 11 is 0. The number of terminal acetylenes is 1. The second-order valence-corrected chi connectivity index (χ2v) is 6.83. The standard InChI is InChI=1S/C24H27N3O4/c1-5-16-31-21-12-10-18(17-22(21)30-4)11-13-23(28)26-20-9-7-6-8-19(20)24(29)25-14-15-27(2)3/h1,6-13,17H,14-16H2,2-4H3,(H,25,29)(H,26,28)/b13-11+. The van der Waals surface area contributed by atoms with E-state index >= 15 is 0 Å². The number of nitrogens with one attached hydrogen (secondary N) is 2. The third kappa shape index (κ3) is 7.53. The summed E-state index contributed by atoms with van der Waals surface area (Å²) in [6.45, 7) is 1.37. The molecule has 162 valence electrons. The van der Waals surface area contributed by atoms with Crippen LogP contribution in [0.5, 0.6) is 11.5 Å². The molecule has 0 bridgehead atoms. The zero-order valence-electron chi connectivity index (χ0n) is 18.0. The van der Waals surface area contributed by atoms with Crippen LogP contribution in [-0.4, -0.2) is 57.6 Å². The molecule has 0 saturated heterocycles. The molecule has 0 aliphatic carbocycles. The van der Waals surface area contributed by atoms with Crippen molar-refractivity contribution >= 4 is 23.6 Å². The highest BCUT2D eigenvalue weighted by Gasteiger charge is 2.12. The lowest BCUT2D eigenvalue weighted by Crippen LogP contribution is -2.31. The van der Waals surface area contributed by atoms with Crippen LogP contribution in [0.3, 0.4) is 0 Å². The van der Waals surface area contributed by atoms with Crippen molar-refractivity contribution < 1.29 is 19.1 Å². The summed E-state index contributed by atoms with van der Waals surface area (Å²) in [5.74, 6) is 2.83. The van der Waals surface area contributed by atoms with Crippen molar-refractivity contribution in [3.05, 3.63) is 59.7 Å². The van der Waals surface area contributed by atoms with Gasteiger partial charge in [0.15, 0.2) is 11.5 Å². The number of benzene rings is 2. The number of ether oxygens (including phenoxy) is 2. The number of hydrogen-bond acceptors (Lipinski definition) is 5. The number of carbonyl (C=O) groups excluding carboxylic acids is 2. The van der Waals surface area contributed by atoms with Crippen molar-refractivity contribution in [3.63, 3.8) is 0 Å². The number of para-hydroxylation sites is 1. The van der Waals surface area contributed by atoms with E-state index in [0.29, 0.717) is 29.3 Å². The zero-order chi connectivity index (χ0) is 22.6. The fourth-order valence-corrected chi connectivity index (χ4v) is 2.65. The molecule has 2 aromatic carbocycles. The van der Waals surface area contributed by atoms with E-state index in [9.17, 15) is 9.59 Å². The van der Waals surface area contributed by atoms with Crippen molar-refractivity contribution in [2.45, 2.75) is 0 Å². The van der Waals surface area contributed by atoms with E-state index < -0.39 is 0 Å². The minimum absolute atomic E-state index is 0.135. The van der Waals surface area contributed by atoms with Gasteiger partial charge in [-0.2, -0.15) is 0 Å². The maximum Gasteiger partial charge on any atom is 0.253 e. The van der Waals surface area contributed by atoms with E-state index in [1.807, 2.05) is 19.0 Å². The molecule has 0 fully saturated rings. The monoisotopic (exact) mass is 421 g/mol. The molecule has 0 atom stereocenters. The third-order valence-corrected chi connectivity index (χ3v) is 4.20. The van der Waals surface area contributed by atoms with Gasteiger partial charge in [-0.1, -0.05) is 24.1 Å². The van der Waals surface area contributed by atoms with Crippen LogP contribution < -0.4 is 20.1 Å². The summed E-state index contributed by atoms with van der Waals surface area (Å²) in [5, 5.41) is 5.60. The highest BCUT2D eigenvalue weighted by Crippen LogP contribution is 2.28. The number of nitrogens with zero attached hydrogens (tertiary/aromatic N) is 1. The predicted octanol–water partition coefficient (Wildman–Crippen LogP) is 2.65. The van der Waals surface area contributed by atoms with Gasteiger partial charge >= 0.3 is 0 Å². The molecule has 0 unspecified atom stereocenters. The summed E-state index contributed by atoms with van der Waals surface area (Å²) in [6.07, 6.45) is 8.24. The van der Waals surface area contributed by atoms with Gasteiger partial charge in [-0.15, -0.1) is 6.42 Å². The van der Waals surface area contributed by atoms with E-state index in [-0.39, 0.29) is 18.4 Å². The number of rotatable bonds is 10. The average molecular weight is 421 g/mol. The molecule has 2 aromatic rings. The van der Waals surface area contributed by atoms with Crippen molar-refractivity contribution in [2.24, 2.45) is 0 Å².